The second-order valence-corrected chi connectivity index (χ2v) is 5.80. The summed E-state index contributed by atoms with van der Waals surface area (Å²) in [5.74, 6) is -2.73. The van der Waals surface area contributed by atoms with Crippen molar-refractivity contribution in [3.8, 4) is 0 Å². The van der Waals surface area contributed by atoms with E-state index in [1.54, 1.807) is 36.4 Å². The first kappa shape index (κ1) is 17.3. The van der Waals surface area contributed by atoms with Gasteiger partial charge < -0.3 is 10.2 Å². The largest absolute Gasteiger partial charge is 0.355 e. The number of imide groups is 1. The molecule has 1 aliphatic rings. The molecule has 1 atom stereocenters. The lowest BCUT2D eigenvalue weighted by Crippen LogP contribution is -2.46. The summed E-state index contributed by atoms with van der Waals surface area (Å²) < 4.78 is 0. The van der Waals surface area contributed by atoms with Crippen LogP contribution in [0.2, 0.25) is 0 Å². The number of benzene rings is 2. The van der Waals surface area contributed by atoms with Crippen LogP contribution < -0.4 is 5.32 Å². The Labute approximate surface area is 149 Å². The Kier molecular flexibility index (Phi) is 4.79. The zero-order valence-corrected chi connectivity index (χ0v) is 14.0. The van der Waals surface area contributed by atoms with Crippen molar-refractivity contribution >= 4 is 23.7 Å². The Bertz CT molecular complexity index is 844. The number of hydrogen-bond acceptors (Lipinski definition) is 5. The molecule has 1 heterocycles. The number of nitrogens with one attached hydrogen (secondary N) is 1. The summed E-state index contributed by atoms with van der Waals surface area (Å²) in [6.45, 7) is 1.27. The molecule has 132 valence electrons. The second-order valence-electron chi connectivity index (χ2n) is 5.80. The van der Waals surface area contributed by atoms with Crippen molar-refractivity contribution in [2.24, 2.45) is 0 Å². The van der Waals surface area contributed by atoms with Crippen LogP contribution in [0.5, 0.6) is 0 Å². The number of carbonyl (C=O) groups excluding carboxylic acids is 4. The fraction of sp³-hybridized carbons (Fsp3) is 0.158. The van der Waals surface area contributed by atoms with Crippen molar-refractivity contribution < 1.29 is 24.0 Å². The Morgan fingerprint density at radius 1 is 0.962 bits per heavy atom. The van der Waals surface area contributed by atoms with Gasteiger partial charge in [-0.1, -0.05) is 47.5 Å². The average molecular weight is 352 g/mol. The van der Waals surface area contributed by atoms with Gasteiger partial charge in [0.05, 0.1) is 11.1 Å². The third-order valence-corrected chi connectivity index (χ3v) is 3.88. The molecule has 0 unspecified atom stereocenters. The van der Waals surface area contributed by atoms with Crippen LogP contribution in [0.15, 0.2) is 54.6 Å². The van der Waals surface area contributed by atoms with Crippen LogP contribution in [0.1, 0.15) is 33.2 Å². The standard InChI is InChI=1S/C19H16N2O5/c1-12(22)20-16(11-13-7-3-2-4-8-13)19(25)26-21-17(23)14-9-5-6-10-15(14)18(21)24/h2-10,16H,11H2,1H3,(H,20,22)/t16-/m0/s1. The van der Waals surface area contributed by atoms with E-state index in [9.17, 15) is 19.2 Å². The Balaban J connectivity index is 1.77. The van der Waals surface area contributed by atoms with E-state index in [0.717, 1.165) is 5.56 Å². The van der Waals surface area contributed by atoms with Crippen molar-refractivity contribution in [2.75, 3.05) is 0 Å². The molecule has 1 N–H and O–H groups in total. The quantitative estimate of drug-likeness (QED) is 0.823. The Morgan fingerprint density at radius 2 is 1.50 bits per heavy atom. The summed E-state index contributed by atoms with van der Waals surface area (Å²) in [7, 11) is 0. The van der Waals surface area contributed by atoms with Crippen LogP contribution in [-0.2, 0) is 20.8 Å². The monoisotopic (exact) mass is 352 g/mol. The molecule has 1 aliphatic heterocycles. The number of carbonyl (C=O) groups is 4. The van der Waals surface area contributed by atoms with E-state index in [2.05, 4.69) is 5.32 Å². The van der Waals surface area contributed by atoms with E-state index < -0.39 is 29.7 Å². The van der Waals surface area contributed by atoms with Crippen molar-refractivity contribution in [1.82, 2.24) is 10.4 Å². The van der Waals surface area contributed by atoms with Gasteiger partial charge in [0.1, 0.15) is 6.04 Å². The van der Waals surface area contributed by atoms with Gasteiger partial charge in [-0.15, -0.1) is 0 Å². The molecule has 0 fully saturated rings. The van der Waals surface area contributed by atoms with Gasteiger partial charge in [-0.3, -0.25) is 14.4 Å². The zero-order chi connectivity index (χ0) is 18.7. The van der Waals surface area contributed by atoms with Crippen LogP contribution in [0.3, 0.4) is 0 Å². The summed E-state index contributed by atoms with van der Waals surface area (Å²) >= 11 is 0. The van der Waals surface area contributed by atoms with Gasteiger partial charge >= 0.3 is 5.97 Å². The minimum Gasteiger partial charge on any atom is -0.343 e. The van der Waals surface area contributed by atoms with Gasteiger partial charge in [-0.2, -0.15) is 0 Å². The molecule has 0 spiro atoms. The van der Waals surface area contributed by atoms with Gasteiger partial charge in [0.2, 0.25) is 5.91 Å². The molecule has 0 saturated heterocycles. The predicted molar refractivity (Wildman–Crippen MR) is 90.8 cm³/mol. The lowest BCUT2D eigenvalue weighted by Gasteiger charge is -2.19. The maximum atomic E-state index is 12.5. The highest BCUT2D eigenvalue weighted by Crippen LogP contribution is 2.23. The first-order valence-electron chi connectivity index (χ1n) is 7.98. The highest BCUT2D eigenvalue weighted by atomic mass is 16.7. The molecule has 7 heteroatoms. The van der Waals surface area contributed by atoms with E-state index in [4.69, 9.17) is 4.84 Å². The average Bonchev–Trinajstić information content (AvgIpc) is 2.87. The van der Waals surface area contributed by atoms with E-state index >= 15 is 0 Å². The molecule has 0 aromatic heterocycles. The fourth-order valence-corrected chi connectivity index (χ4v) is 2.69. The lowest BCUT2D eigenvalue weighted by molar-refractivity contribution is -0.171. The molecule has 7 nitrogen and oxygen atoms in total. The minimum absolute atomic E-state index is 0.169. The zero-order valence-electron chi connectivity index (χ0n) is 14.0. The molecule has 0 saturated carbocycles. The summed E-state index contributed by atoms with van der Waals surface area (Å²) in [4.78, 5) is 53.5. The molecule has 0 radical (unpaired) electrons. The summed E-state index contributed by atoms with van der Waals surface area (Å²) in [6.07, 6.45) is 0.169. The number of amides is 3. The molecular formula is C19H16N2O5. The molecule has 0 aliphatic carbocycles. The number of nitrogens with zero attached hydrogens (tertiary/aromatic N) is 1. The highest BCUT2D eigenvalue weighted by Gasteiger charge is 2.39. The van der Waals surface area contributed by atoms with Crippen molar-refractivity contribution in [3.05, 3.63) is 71.3 Å². The Hall–Kier alpha value is -3.48. The molecule has 3 amide bonds. The SMILES string of the molecule is CC(=O)N[C@@H](Cc1ccccc1)C(=O)ON1C(=O)c2ccccc2C1=O. The maximum Gasteiger partial charge on any atom is 0.355 e. The lowest BCUT2D eigenvalue weighted by atomic mass is 10.1. The molecule has 0 bridgehead atoms. The van der Waals surface area contributed by atoms with Crippen LogP contribution in [0.4, 0.5) is 0 Å². The van der Waals surface area contributed by atoms with Gasteiger partial charge in [0.15, 0.2) is 0 Å². The second kappa shape index (κ2) is 7.18. The normalized spacial score (nSPS) is 14.0. The van der Waals surface area contributed by atoms with Crippen LogP contribution in [0.25, 0.3) is 0 Å². The molecule has 2 aromatic carbocycles. The molecule has 2 aromatic rings. The number of rotatable bonds is 5. The van der Waals surface area contributed by atoms with Gasteiger partial charge in [-0.05, 0) is 17.7 Å². The molecular weight excluding hydrogens is 336 g/mol. The smallest absolute Gasteiger partial charge is 0.343 e. The van der Waals surface area contributed by atoms with Crippen LogP contribution >= 0.6 is 0 Å². The first-order valence-corrected chi connectivity index (χ1v) is 7.98. The van der Waals surface area contributed by atoms with Crippen LogP contribution in [-0.4, -0.2) is 34.8 Å². The third kappa shape index (κ3) is 3.46. The van der Waals surface area contributed by atoms with E-state index in [1.165, 1.54) is 19.1 Å². The van der Waals surface area contributed by atoms with Gasteiger partial charge in [-0.25, -0.2) is 4.79 Å². The van der Waals surface area contributed by atoms with E-state index in [0.29, 0.717) is 5.06 Å². The maximum absolute atomic E-state index is 12.5. The van der Waals surface area contributed by atoms with Crippen molar-refractivity contribution in [1.29, 1.82) is 0 Å². The third-order valence-electron chi connectivity index (χ3n) is 3.88. The van der Waals surface area contributed by atoms with E-state index in [-0.39, 0.29) is 17.5 Å². The number of hydroxylamine groups is 2. The predicted octanol–water partition coefficient (Wildman–Crippen LogP) is 1.49. The molecule has 26 heavy (non-hydrogen) atoms. The Morgan fingerprint density at radius 3 is 2.04 bits per heavy atom. The molecule has 3 rings (SSSR count). The topological polar surface area (TPSA) is 92.8 Å². The van der Waals surface area contributed by atoms with E-state index in [1.807, 2.05) is 6.07 Å². The van der Waals surface area contributed by atoms with Gasteiger partial charge in [0, 0.05) is 13.3 Å². The van der Waals surface area contributed by atoms with Crippen molar-refractivity contribution in [3.63, 3.8) is 0 Å². The van der Waals surface area contributed by atoms with Crippen LogP contribution in [0, 0.1) is 0 Å². The summed E-state index contributed by atoms with van der Waals surface area (Å²) in [5, 5.41) is 2.93. The number of hydrogen-bond donors (Lipinski definition) is 1. The summed E-state index contributed by atoms with van der Waals surface area (Å²) in [5.41, 5.74) is 1.14. The van der Waals surface area contributed by atoms with Crippen molar-refractivity contribution in [2.45, 2.75) is 19.4 Å². The highest BCUT2D eigenvalue weighted by molar-refractivity contribution is 6.20. The number of fused-ring (bicyclic) bond motifs is 1. The first-order chi connectivity index (χ1) is 12.5. The minimum atomic E-state index is -1.03. The fourth-order valence-electron chi connectivity index (χ4n) is 2.69. The van der Waals surface area contributed by atoms with Gasteiger partial charge in [0.25, 0.3) is 11.8 Å². The summed E-state index contributed by atoms with van der Waals surface area (Å²) in [6, 6.07) is 14.2.